The summed E-state index contributed by atoms with van der Waals surface area (Å²) >= 11 is 1.40. The summed E-state index contributed by atoms with van der Waals surface area (Å²) in [7, 11) is 0. The molecule has 1 amide bonds. The van der Waals surface area contributed by atoms with E-state index in [9.17, 15) is 4.79 Å². The van der Waals surface area contributed by atoms with Gasteiger partial charge in [-0.3, -0.25) is 9.36 Å². The quantitative estimate of drug-likeness (QED) is 0.832. The molecule has 1 N–H and O–H groups in total. The Balaban J connectivity index is 2.03. The van der Waals surface area contributed by atoms with Crippen LogP contribution in [-0.2, 0) is 4.79 Å². The highest BCUT2D eigenvalue weighted by Gasteiger charge is 2.10. The number of nitrogens with one attached hydrogen (secondary N) is 1. The molecule has 0 spiro atoms. The molecule has 2 aromatic rings. The van der Waals surface area contributed by atoms with Crippen LogP contribution in [0.4, 0.5) is 0 Å². The number of thioether (sulfide) groups is 1. The number of aromatic nitrogens is 3. The Morgan fingerprint density at radius 2 is 2.09 bits per heavy atom. The lowest BCUT2D eigenvalue weighted by Gasteiger charge is -2.09. The second-order valence-electron chi connectivity index (χ2n) is 5.74. The summed E-state index contributed by atoms with van der Waals surface area (Å²) in [6.07, 6.45) is 1.68. The first-order valence-corrected chi connectivity index (χ1v) is 8.33. The minimum absolute atomic E-state index is 0.0216. The van der Waals surface area contributed by atoms with Crippen molar-refractivity contribution in [3.05, 3.63) is 35.7 Å². The lowest BCUT2D eigenvalue weighted by molar-refractivity contribution is -0.118. The van der Waals surface area contributed by atoms with E-state index in [-0.39, 0.29) is 5.91 Å². The number of hydrogen-bond donors (Lipinski definition) is 1. The topological polar surface area (TPSA) is 59.8 Å². The number of rotatable bonds is 6. The molecule has 0 saturated heterocycles. The molecule has 0 unspecified atom stereocenters. The molecule has 1 aromatic carbocycles. The van der Waals surface area contributed by atoms with Gasteiger partial charge in [-0.15, -0.1) is 10.2 Å². The fourth-order valence-corrected chi connectivity index (χ4v) is 2.63. The van der Waals surface area contributed by atoms with E-state index in [1.807, 2.05) is 10.6 Å². The number of carbonyl (C=O) groups excluding carboxylic acids is 1. The highest BCUT2D eigenvalue weighted by atomic mass is 32.2. The van der Waals surface area contributed by atoms with E-state index in [0.717, 1.165) is 10.8 Å². The van der Waals surface area contributed by atoms with Gasteiger partial charge in [0.05, 0.1) is 5.75 Å². The molecule has 1 aromatic heterocycles. The van der Waals surface area contributed by atoms with Crippen LogP contribution in [0.25, 0.3) is 5.69 Å². The van der Waals surface area contributed by atoms with Gasteiger partial charge in [0.25, 0.3) is 0 Å². The molecule has 6 heteroatoms. The van der Waals surface area contributed by atoms with Crippen molar-refractivity contribution < 1.29 is 4.79 Å². The molecule has 0 aliphatic rings. The van der Waals surface area contributed by atoms with Crippen molar-refractivity contribution in [3.63, 3.8) is 0 Å². The van der Waals surface area contributed by atoms with Gasteiger partial charge in [-0.05, 0) is 43.0 Å². The van der Waals surface area contributed by atoms with Gasteiger partial charge >= 0.3 is 0 Å². The Kier molecular flexibility index (Phi) is 5.60. The SMILES string of the molecule is Cc1ccc(-n2cnnc2SCC(=O)NCC(C)C)cc1C. The molecule has 0 bridgehead atoms. The maximum absolute atomic E-state index is 11.8. The van der Waals surface area contributed by atoms with E-state index >= 15 is 0 Å². The molecule has 22 heavy (non-hydrogen) atoms. The highest BCUT2D eigenvalue weighted by molar-refractivity contribution is 7.99. The molecule has 5 nitrogen and oxygen atoms in total. The average molecular weight is 318 g/mol. The third kappa shape index (κ3) is 4.34. The van der Waals surface area contributed by atoms with Gasteiger partial charge in [0.2, 0.25) is 5.91 Å². The number of benzene rings is 1. The smallest absolute Gasteiger partial charge is 0.230 e. The first kappa shape index (κ1) is 16.5. The van der Waals surface area contributed by atoms with Crippen molar-refractivity contribution in [1.82, 2.24) is 20.1 Å². The van der Waals surface area contributed by atoms with Crippen LogP contribution in [-0.4, -0.2) is 33.0 Å². The Hall–Kier alpha value is -1.82. The lowest BCUT2D eigenvalue weighted by Crippen LogP contribution is -2.28. The highest BCUT2D eigenvalue weighted by Crippen LogP contribution is 2.21. The Morgan fingerprint density at radius 3 is 2.77 bits per heavy atom. The summed E-state index contributed by atoms with van der Waals surface area (Å²) in [6, 6.07) is 6.21. The molecular weight excluding hydrogens is 296 g/mol. The molecule has 0 radical (unpaired) electrons. The molecule has 0 saturated carbocycles. The maximum Gasteiger partial charge on any atom is 0.230 e. The largest absolute Gasteiger partial charge is 0.355 e. The van der Waals surface area contributed by atoms with Gasteiger partial charge in [-0.25, -0.2) is 0 Å². The third-order valence-corrected chi connectivity index (χ3v) is 4.27. The maximum atomic E-state index is 11.8. The number of nitrogens with zero attached hydrogens (tertiary/aromatic N) is 3. The summed E-state index contributed by atoms with van der Waals surface area (Å²) in [6.45, 7) is 9.01. The van der Waals surface area contributed by atoms with Crippen molar-refractivity contribution in [1.29, 1.82) is 0 Å². The van der Waals surface area contributed by atoms with Crippen LogP contribution in [0.1, 0.15) is 25.0 Å². The molecule has 0 aliphatic carbocycles. The average Bonchev–Trinajstić information content (AvgIpc) is 2.94. The zero-order valence-electron chi connectivity index (χ0n) is 13.5. The molecule has 1 heterocycles. The van der Waals surface area contributed by atoms with Gasteiger partial charge < -0.3 is 5.32 Å². The first-order chi connectivity index (χ1) is 10.5. The van der Waals surface area contributed by atoms with Gasteiger partial charge in [0.1, 0.15) is 6.33 Å². The fourth-order valence-electron chi connectivity index (χ4n) is 1.87. The standard InChI is InChI=1S/C16H22N4OS/c1-11(2)8-17-15(21)9-22-16-19-18-10-20(16)14-6-5-12(3)13(4)7-14/h5-7,10-11H,8-9H2,1-4H3,(H,17,21). The monoisotopic (exact) mass is 318 g/mol. The van der Waals surface area contributed by atoms with Crippen molar-refractivity contribution in [2.45, 2.75) is 32.9 Å². The van der Waals surface area contributed by atoms with Crippen LogP contribution in [0, 0.1) is 19.8 Å². The van der Waals surface area contributed by atoms with Gasteiger partial charge in [-0.1, -0.05) is 31.7 Å². The van der Waals surface area contributed by atoms with Crippen LogP contribution < -0.4 is 5.32 Å². The number of hydrogen-bond acceptors (Lipinski definition) is 4. The Morgan fingerprint density at radius 1 is 1.32 bits per heavy atom. The number of aryl methyl sites for hydroxylation is 2. The van der Waals surface area contributed by atoms with E-state index in [2.05, 4.69) is 55.3 Å². The van der Waals surface area contributed by atoms with Crippen molar-refractivity contribution in [2.75, 3.05) is 12.3 Å². The van der Waals surface area contributed by atoms with Crippen LogP contribution in [0.2, 0.25) is 0 Å². The zero-order valence-corrected chi connectivity index (χ0v) is 14.3. The normalized spacial score (nSPS) is 11.0. The predicted molar refractivity (Wildman–Crippen MR) is 89.4 cm³/mol. The van der Waals surface area contributed by atoms with Crippen LogP contribution in [0.5, 0.6) is 0 Å². The first-order valence-electron chi connectivity index (χ1n) is 7.34. The van der Waals surface area contributed by atoms with Crippen molar-refractivity contribution >= 4 is 17.7 Å². The summed E-state index contributed by atoms with van der Waals surface area (Å²) < 4.78 is 1.91. The minimum atomic E-state index is 0.0216. The molecule has 0 fully saturated rings. The summed E-state index contributed by atoms with van der Waals surface area (Å²) in [5, 5.41) is 11.7. The summed E-state index contributed by atoms with van der Waals surface area (Å²) in [5.74, 6) is 0.817. The second kappa shape index (κ2) is 7.45. The van der Waals surface area contributed by atoms with E-state index in [0.29, 0.717) is 18.2 Å². The van der Waals surface area contributed by atoms with Crippen molar-refractivity contribution in [3.8, 4) is 5.69 Å². The van der Waals surface area contributed by atoms with E-state index < -0.39 is 0 Å². The van der Waals surface area contributed by atoms with Gasteiger partial charge in [-0.2, -0.15) is 0 Å². The van der Waals surface area contributed by atoms with Gasteiger partial charge in [0.15, 0.2) is 5.16 Å². The molecule has 0 atom stereocenters. The number of amides is 1. The molecular formula is C16H22N4OS. The van der Waals surface area contributed by atoms with E-state index in [1.54, 1.807) is 6.33 Å². The summed E-state index contributed by atoms with van der Waals surface area (Å²) in [4.78, 5) is 11.8. The van der Waals surface area contributed by atoms with E-state index in [1.165, 1.54) is 22.9 Å². The van der Waals surface area contributed by atoms with Crippen LogP contribution in [0.3, 0.4) is 0 Å². The molecule has 118 valence electrons. The third-order valence-electron chi connectivity index (χ3n) is 3.32. The fraction of sp³-hybridized carbons (Fsp3) is 0.438. The minimum Gasteiger partial charge on any atom is -0.355 e. The lowest BCUT2D eigenvalue weighted by atomic mass is 10.1. The zero-order chi connectivity index (χ0) is 16.1. The predicted octanol–water partition coefficient (Wildman–Crippen LogP) is 2.75. The Bertz CT molecular complexity index is 651. The van der Waals surface area contributed by atoms with Crippen molar-refractivity contribution in [2.24, 2.45) is 5.92 Å². The summed E-state index contributed by atoms with van der Waals surface area (Å²) in [5.41, 5.74) is 3.48. The van der Waals surface area contributed by atoms with Crippen LogP contribution in [0.15, 0.2) is 29.7 Å². The van der Waals surface area contributed by atoms with Crippen LogP contribution >= 0.6 is 11.8 Å². The van der Waals surface area contributed by atoms with Gasteiger partial charge in [0, 0.05) is 12.2 Å². The second-order valence-corrected chi connectivity index (χ2v) is 6.68. The molecule has 0 aliphatic heterocycles. The number of carbonyl (C=O) groups is 1. The van der Waals surface area contributed by atoms with E-state index in [4.69, 9.17) is 0 Å². The Labute approximate surface area is 135 Å². The molecule has 2 rings (SSSR count).